The summed E-state index contributed by atoms with van der Waals surface area (Å²) in [5.41, 5.74) is 5.83. The normalized spacial score (nSPS) is 34.9. The van der Waals surface area contributed by atoms with Gasteiger partial charge in [-0.15, -0.1) is 0 Å². The van der Waals surface area contributed by atoms with Crippen molar-refractivity contribution in [2.24, 2.45) is 5.73 Å². The molecule has 0 saturated carbocycles. The lowest BCUT2D eigenvalue weighted by Crippen LogP contribution is -2.21. The average molecular weight is 316 g/mol. The molecule has 10 heavy (non-hydrogen) atoms. The zero-order chi connectivity index (χ0) is 7.56. The van der Waals surface area contributed by atoms with E-state index >= 15 is 0 Å². The SMILES string of the molecule is NC1CCC(Br)=CC(I)C1. The summed E-state index contributed by atoms with van der Waals surface area (Å²) in [6, 6.07) is 0.396. The lowest BCUT2D eigenvalue weighted by molar-refractivity contribution is 0.603. The van der Waals surface area contributed by atoms with Gasteiger partial charge in [0.05, 0.1) is 0 Å². The molecular weight excluding hydrogens is 305 g/mol. The van der Waals surface area contributed by atoms with Crippen molar-refractivity contribution in [3.63, 3.8) is 0 Å². The van der Waals surface area contributed by atoms with Crippen LogP contribution in [0, 0.1) is 0 Å². The van der Waals surface area contributed by atoms with E-state index in [-0.39, 0.29) is 0 Å². The van der Waals surface area contributed by atoms with Crippen LogP contribution < -0.4 is 5.73 Å². The van der Waals surface area contributed by atoms with Crippen LogP contribution in [0.25, 0.3) is 0 Å². The van der Waals surface area contributed by atoms with Crippen LogP contribution in [0.15, 0.2) is 10.6 Å². The first-order chi connectivity index (χ1) is 4.68. The molecule has 0 radical (unpaired) electrons. The van der Waals surface area contributed by atoms with Gasteiger partial charge in [0.1, 0.15) is 0 Å². The molecule has 1 aliphatic rings. The van der Waals surface area contributed by atoms with Gasteiger partial charge >= 0.3 is 0 Å². The zero-order valence-corrected chi connectivity index (χ0v) is 9.43. The quantitative estimate of drug-likeness (QED) is 0.539. The van der Waals surface area contributed by atoms with Crippen molar-refractivity contribution < 1.29 is 0 Å². The molecule has 0 aromatic carbocycles. The van der Waals surface area contributed by atoms with Crippen LogP contribution in [-0.2, 0) is 0 Å². The first kappa shape index (κ1) is 9.00. The summed E-state index contributed by atoms with van der Waals surface area (Å²) in [5.74, 6) is 0. The molecule has 1 nitrogen and oxygen atoms in total. The molecule has 0 spiro atoms. The van der Waals surface area contributed by atoms with Crippen molar-refractivity contribution in [1.82, 2.24) is 0 Å². The second-order valence-electron chi connectivity index (χ2n) is 2.66. The van der Waals surface area contributed by atoms with E-state index < -0.39 is 0 Å². The van der Waals surface area contributed by atoms with E-state index in [0.717, 1.165) is 19.3 Å². The maximum atomic E-state index is 5.83. The van der Waals surface area contributed by atoms with Crippen molar-refractivity contribution in [2.45, 2.75) is 29.2 Å². The van der Waals surface area contributed by atoms with E-state index in [1.165, 1.54) is 4.48 Å². The first-order valence-electron chi connectivity index (χ1n) is 3.44. The molecule has 0 aromatic heterocycles. The smallest absolute Gasteiger partial charge is 0.0314 e. The number of allylic oxidation sites excluding steroid dienone is 2. The first-order valence-corrected chi connectivity index (χ1v) is 5.48. The van der Waals surface area contributed by atoms with Crippen molar-refractivity contribution in [3.05, 3.63) is 10.6 Å². The lowest BCUT2D eigenvalue weighted by atomic mass is 10.1. The fraction of sp³-hybridized carbons (Fsp3) is 0.714. The molecule has 0 aromatic rings. The van der Waals surface area contributed by atoms with Gasteiger partial charge in [-0.2, -0.15) is 0 Å². The van der Waals surface area contributed by atoms with Crippen molar-refractivity contribution in [3.8, 4) is 0 Å². The van der Waals surface area contributed by atoms with Gasteiger partial charge < -0.3 is 5.73 Å². The van der Waals surface area contributed by atoms with Gasteiger partial charge in [-0.25, -0.2) is 0 Å². The third kappa shape index (κ3) is 2.88. The molecule has 2 atom stereocenters. The fourth-order valence-electron chi connectivity index (χ4n) is 1.08. The largest absolute Gasteiger partial charge is 0.328 e. The van der Waals surface area contributed by atoms with Crippen LogP contribution in [0.4, 0.5) is 0 Å². The number of nitrogens with two attached hydrogens (primary N) is 1. The van der Waals surface area contributed by atoms with Gasteiger partial charge in [0.15, 0.2) is 0 Å². The molecule has 0 bridgehead atoms. The fourth-order valence-corrected chi connectivity index (χ4v) is 3.21. The summed E-state index contributed by atoms with van der Waals surface area (Å²) in [6.45, 7) is 0. The van der Waals surface area contributed by atoms with Gasteiger partial charge in [0.25, 0.3) is 0 Å². The maximum Gasteiger partial charge on any atom is 0.0314 e. The highest BCUT2D eigenvalue weighted by atomic mass is 127. The summed E-state index contributed by atoms with van der Waals surface area (Å²) in [5, 5.41) is 0. The van der Waals surface area contributed by atoms with E-state index in [0.29, 0.717) is 9.97 Å². The minimum atomic E-state index is 0.396. The summed E-state index contributed by atoms with van der Waals surface area (Å²) in [6.07, 6.45) is 5.61. The second-order valence-corrected chi connectivity index (χ2v) is 5.28. The Morgan fingerprint density at radius 1 is 1.70 bits per heavy atom. The van der Waals surface area contributed by atoms with Crippen LogP contribution in [-0.4, -0.2) is 9.97 Å². The summed E-state index contributed by atoms with van der Waals surface area (Å²) < 4.78 is 1.93. The van der Waals surface area contributed by atoms with E-state index in [1.54, 1.807) is 0 Å². The van der Waals surface area contributed by atoms with Gasteiger partial charge in [0, 0.05) is 9.97 Å². The highest BCUT2D eigenvalue weighted by Crippen LogP contribution is 2.25. The predicted octanol–water partition coefficient (Wildman–Crippen LogP) is 2.58. The Kier molecular flexibility index (Phi) is 3.66. The topological polar surface area (TPSA) is 26.0 Å². The van der Waals surface area contributed by atoms with Crippen LogP contribution in [0.5, 0.6) is 0 Å². The van der Waals surface area contributed by atoms with Crippen LogP contribution in [0.1, 0.15) is 19.3 Å². The van der Waals surface area contributed by atoms with Crippen molar-refractivity contribution in [1.29, 1.82) is 0 Å². The van der Waals surface area contributed by atoms with Crippen molar-refractivity contribution >= 4 is 38.5 Å². The van der Waals surface area contributed by atoms with Gasteiger partial charge in [-0.05, 0) is 23.7 Å². The summed E-state index contributed by atoms with van der Waals surface area (Å²) in [4.78, 5) is 0. The molecule has 2 unspecified atom stereocenters. The van der Waals surface area contributed by atoms with Crippen LogP contribution in [0.3, 0.4) is 0 Å². The minimum Gasteiger partial charge on any atom is -0.328 e. The molecule has 58 valence electrons. The Balaban J connectivity index is 2.53. The number of hydrogen-bond donors (Lipinski definition) is 1. The van der Waals surface area contributed by atoms with Crippen LogP contribution >= 0.6 is 38.5 Å². The van der Waals surface area contributed by atoms with Gasteiger partial charge in [-0.3, -0.25) is 0 Å². The Labute approximate surface area is 83.7 Å². The standard InChI is InChI=1S/C7H11BrIN/c8-5-1-2-7(10)4-6(9)3-5/h3,6-7H,1-2,4,10H2. The van der Waals surface area contributed by atoms with E-state index in [4.69, 9.17) is 5.73 Å². The highest BCUT2D eigenvalue weighted by molar-refractivity contribution is 14.1. The molecule has 0 amide bonds. The number of hydrogen-bond acceptors (Lipinski definition) is 1. The molecule has 0 fully saturated rings. The average Bonchev–Trinajstić information content (AvgIpc) is 1.93. The molecule has 0 aliphatic heterocycles. The van der Waals surface area contributed by atoms with Gasteiger partial charge in [-0.1, -0.05) is 44.6 Å². The minimum absolute atomic E-state index is 0.396. The van der Waals surface area contributed by atoms with E-state index in [9.17, 15) is 0 Å². The predicted molar refractivity (Wildman–Crippen MR) is 56.6 cm³/mol. The summed E-state index contributed by atoms with van der Waals surface area (Å²) in [7, 11) is 0. The van der Waals surface area contributed by atoms with E-state index in [2.05, 4.69) is 44.6 Å². The third-order valence-electron chi connectivity index (χ3n) is 1.64. The Morgan fingerprint density at radius 2 is 2.40 bits per heavy atom. The lowest BCUT2D eigenvalue weighted by Gasteiger charge is -2.08. The number of rotatable bonds is 0. The molecule has 3 heteroatoms. The maximum absolute atomic E-state index is 5.83. The molecule has 1 aliphatic carbocycles. The van der Waals surface area contributed by atoms with Gasteiger partial charge in [0.2, 0.25) is 0 Å². The monoisotopic (exact) mass is 315 g/mol. The van der Waals surface area contributed by atoms with E-state index in [1.807, 2.05) is 0 Å². The third-order valence-corrected chi connectivity index (χ3v) is 3.17. The Bertz CT molecular complexity index is 147. The highest BCUT2D eigenvalue weighted by Gasteiger charge is 2.13. The molecule has 2 N–H and O–H groups in total. The molecule has 0 heterocycles. The molecule has 0 saturated heterocycles. The van der Waals surface area contributed by atoms with Crippen molar-refractivity contribution in [2.75, 3.05) is 0 Å². The summed E-state index contributed by atoms with van der Waals surface area (Å²) >= 11 is 5.93. The number of alkyl halides is 1. The number of halogens is 2. The molecular formula is C7H11BrIN. The Hall–Kier alpha value is 0.910. The van der Waals surface area contributed by atoms with Crippen LogP contribution in [0.2, 0.25) is 0 Å². The Morgan fingerprint density at radius 3 is 3.10 bits per heavy atom. The molecule has 1 rings (SSSR count). The second kappa shape index (κ2) is 4.07. The zero-order valence-electron chi connectivity index (χ0n) is 5.69.